The molecular weight excluding hydrogens is 400 g/mol. The van der Waals surface area contributed by atoms with Crippen molar-refractivity contribution in [2.45, 2.75) is 51.3 Å². The molecule has 0 bridgehead atoms. The van der Waals surface area contributed by atoms with Crippen LogP contribution in [0.3, 0.4) is 0 Å². The molecule has 2 aliphatic rings. The van der Waals surface area contributed by atoms with E-state index in [9.17, 15) is 0 Å². The first-order valence-corrected chi connectivity index (χ1v) is 11.8. The molecule has 0 saturated carbocycles. The van der Waals surface area contributed by atoms with Gasteiger partial charge in [0.05, 0.1) is 11.8 Å². The van der Waals surface area contributed by atoms with E-state index in [0.29, 0.717) is 6.04 Å². The van der Waals surface area contributed by atoms with Crippen molar-refractivity contribution in [2.24, 2.45) is 5.73 Å². The van der Waals surface area contributed by atoms with Crippen molar-refractivity contribution in [1.29, 1.82) is 0 Å². The number of nitrogens with two attached hydrogens (primary N) is 1. The molecule has 2 atom stereocenters. The lowest BCUT2D eigenvalue weighted by molar-refractivity contribution is 0.0905. The zero-order valence-electron chi connectivity index (χ0n) is 19.4. The number of methoxy groups -OCH3 is 1. The Balaban J connectivity index is 1.31. The molecule has 3 aromatic heterocycles. The van der Waals surface area contributed by atoms with Gasteiger partial charge in [-0.05, 0) is 49.9 Å². The third-order valence-electron chi connectivity index (χ3n) is 7.22. The molecule has 32 heavy (non-hydrogen) atoms. The summed E-state index contributed by atoms with van der Waals surface area (Å²) < 4.78 is 7.64. The van der Waals surface area contributed by atoms with Crippen molar-refractivity contribution >= 4 is 11.5 Å². The van der Waals surface area contributed by atoms with E-state index in [1.165, 1.54) is 16.7 Å². The number of hydrogen-bond donors (Lipinski definition) is 1. The number of imidazole rings is 1. The number of fused-ring (bicyclic) bond motifs is 1. The number of nitrogens with zero attached hydrogens (tertiary/aromatic N) is 5. The Labute approximate surface area is 190 Å². The Morgan fingerprint density at radius 3 is 2.72 bits per heavy atom. The van der Waals surface area contributed by atoms with Crippen LogP contribution in [0.15, 0.2) is 36.8 Å². The van der Waals surface area contributed by atoms with Gasteiger partial charge in [0.1, 0.15) is 11.5 Å². The Bertz CT molecular complexity index is 1090. The van der Waals surface area contributed by atoms with Crippen LogP contribution in [0.25, 0.3) is 16.8 Å². The Morgan fingerprint density at radius 1 is 1.19 bits per heavy atom. The summed E-state index contributed by atoms with van der Waals surface area (Å²) in [6.07, 6.45) is 9.37. The van der Waals surface area contributed by atoms with Crippen molar-refractivity contribution in [3.63, 3.8) is 0 Å². The molecule has 7 heteroatoms. The van der Waals surface area contributed by atoms with Crippen LogP contribution in [-0.4, -0.2) is 70.7 Å². The minimum Gasteiger partial charge on any atom is -0.378 e. The van der Waals surface area contributed by atoms with Gasteiger partial charge in [-0.15, -0.1) is 0 Å². The molecule has 7 nitrogen and oxygen atoms in total. The highest BCUT2D eigenvalue weighted by atomic mass is 16.5. The van der Waals surface area contributed by atoms with Gasteiger partial charge in [-0.25, -0.2) is 9.97 Å². The van der Waals surface area contributed by atoms with Crippen molar-refractivity contribution in [1.82, 2.24) is 19.3 Å². The quantitative estimate of drug-likeness (QED) is 0.666. The number of piperidine rings is 1. The lowest BCUT2D eigenvalue weighted by atomic mass is 10.0. The molecule has 0 radical (unpaired) electrons. The van der Waals surface area contributed by atoms with Crippen molar-refractivity contribution in [2.75, 3.05) is 38.2 Å². The maximum Gasteiger partial charge on any atom is 0.139 e. The van der Waals surface area contributed by atoms with Gasteiger partial charge in [0.2, 0.25) is 0 Å². The third kappa shape index (κ3) is 3.89. The summed E-state index contributed by atoms with van der Waals surface area (Å²) in [7, 11) is 1.77. The summed E-state index contributed by atoms with van der Waals surface area (Å²) in [6, 6.07) is 7.37. The molecule has 5 rings (SSSR count). The maximum absolute atomic E-state index is 6.24. The Morgan fingerprint density at radius 2 is 2.00 bits per heavy atom. The zero-order valence-corrected chi connectivity index (χ0v) is 19.4. The van der Waals surface area contributed by atoms with Crippen LogP contribution in [0.5, 0.6) is 0 Å². The van der Waals surface area contributed by atoms with Crippen LogP contribution in [0.1, 0.15) is 31.0 Å². The zero-order chi connectivity index (χ0) is 22.2. The number of hydrogen-bond acceptors (Lipinski definition) is 6. The molecule has 0 aromatic carbocycles. The molecule has 2 aliphatic heterocycles. The van der Waals surface area contributed by atoms with E-state index >= 15 is 0 Å². The molecule has 3 aromatic rings. The summed E-state index contributed by atoms with van der Waals surface area (Å²) in [5, 5.41) is 0. The Hall–Kier alpha value is -2.48. The molecule has 2 N–H and O–H groups in total. The number of rotatable bonds is 5. The molecule has 2 fully saturated rings. The third-order valence-corrected chi connectivity index (χ3v) is 7.22. The van der Waals surface area contributed by atoms with Crippen LogP contribution >= 0.6 is 0 Å². The minimum atomic E-state index is 0.129. The van der Waals surface area contributed by atoms with Gasteiger partial charge >= 0.3 is 0 Å². The van der Waals surface area contributed by atoms with Crippen LogP contribution in [0, 0.1) is 6.92 Å². The molecule has 0 aliphatic carbocycles. The minimum absolute atomic E-state index is 0.129. The summed E-state index contributed by atoms with van der Waals surface area (Å²) in [4.78, 5) is 14.5. The molecular formula is C25H34N6O. The molecule has 0 spiro atoms. The second kappa shape index (κ2) is 8.81. The number of aromatic nitrogens is 3. The van der Waals surface area contributed by atoms with Crippen LogP contribution in [0.4, 0.5) is 5.82 Å². The largest absolute Gasteiger partial charge is 0.378 e. The summed E-state index contributed by atoms with van der Waals surface area (Å²) >= 11 is 0. The van der Waals surface area contributed by atoms with Crippen molar-refractivity contribution in [3.05, 3.63) is 48.0 Å². The van der Waals surface area contributed by atoms with Gasteiger partial charge in [-0.3, -0.25) is 4.90 Å². The second-order valence-electron chi connectivity index (χ2n) is 9.20. The fraction of sp³-hybridized carbons (Fsp3) is 0.520. The fourth-order valence-corrected chi connectivity index (χ4v) is 5.39. The molecule has 5 heterocycles. The second-order valence-corrected chi connectivity index (χ2v) is 9.20. The smallest absolute Gasteiger partial charge is 0.139 e. The molecule has 170 valence electrons. The molecule has 0 amide bonds. The average Bonchev–Trinajstić information content (AvgIpc) is 3.45. The van der Waals surface area contributed by atoms with E-state index in [1.807, 2.05) is 12.4 Å². The lowest BCUT2D eigenvalue weighted by Gasteiger charge is -2.37. The highest BCUT2D eigenvalue weighted by Crippen LogP contribution is 2.30. The highest BCUT2D eigenvalue weighted by Gasteiger charge is 2.35. The van der Waals surface area contributed by atoms with Gasteiger partial charge in [-0.1, -0.05) is 6.92 Å². The first kappa shape index (κ1) is 21.4. The monoisotopic (exact) mass is 434 g/mol. The van der Waals surface area contributed by atoms with Crippen molar-refractivity contribution < 1.29 is 4.74 Å². The SMILES string of the molecule is CCc1nc(N2CCC(N3C[C@@H](N)[C@H](OC)C3)CC2)ccc1-c1cc(C)c2nccn2c1. The Kier molecular flexibility index (Phi) is 5.88. The first-order valence-electron chi connectivity index (χ1n) is 11.8. The van der Waals surface area contributed by atoms with Crippen LogP contribution in [-0.2, 0) is 11.2 Å². The average molecular weight is 435 g/mol. The maximum atomic E-state index is 6.24. The van der Waals surface area contributed by atoms with E-state index in [4.69, 9.17) is 15.5 Å². The lowest BCUT2D eigenvalue weighted by Crippen LogP contribution is -2.45. The first-order chi connectivity index (χ1) is 15.6. The topological polar surface area (TPSA) is 71.9 Å². The predicted octanol–water partition coefficient (Wildman–Crippen LogP) is 2.89. The number of aryl methyl sites for hydroxylation is 2. The number of ether oxygens (including phenoxy) is 1. The number of anilines is 1. The molecule has 2 saturated heterocycles. The van der Waals surface area contributed by atoms with E-state index in [1.54, 1.807) is 7.11 Å². The van der Waals surface area contributed by atoms with E-state index < -0.39 is 0 Å². The van der Waals surface area contributed by atoms with Gasteiger partial charge < -0.3 is 19.8 Å². The fourth-order valence-electron chi connectivity index (χ4n) is 5.39. The van der Waals surface area contributed by atoms with Crippen molar-refractivity contribution in [3.8, 4) is 11.1 Å². The normalized spacial score (nSPS) is 22.8. The van der Waals surface area contributed by atoms with E-state index in [2.05, 4.69) is 57.4 Å². The van der Waals surface area contributed by atoms with Crippen LogP contribution in [0.2, 0.25) is 0 Å². The summed E-state index contributed by atoms with van der Waals surface area (Å²) in [5.41, 5.74) is 12.0. The summed E-state index contributed by atoms with van der Waals surface area (Å²) in [5.74, 6) is 1.09. The summed E-state index contributed by atoms with van der Waals surface area (Å²) in [6.45, 7) is 8.26. The van der Waals surface area contributed by atoms with Gasteiger partial charge in [-0.2, -0.15) is 0 Å². The van der Waals surface area contributed by atoms with Crippen LogP contribution < -0.4 is 10.6 Å². The van der Waals surface area contributed by atoms with E-state index in [0.717, 1.165) is 62.6 Å². The van der Waals surface area contributed by atoms with E-state index in [-0.39, 0.29) is 12.1 Å². The number of pyridine rings is 2. The van der Waals surface area contributed by atoms with Gasteiger partial charge in [0, 0.05) is 75.1 Å². The predicted molar refractivity (Wildman–Crippen MR) is 128 cm³/mol. The standard InChI is InChI=1S/C25H34N6O/c1-4-22-20(18-13-17(2)25-27-9-12-30(25)14-18)5-6-24(28-22)29-10-7-19(8-11-29)31-15-21(26)23(16-31)32-3/h5-6,9,12-14,19,21,23H,4,7-8,10-11,15-16,26H2,1-3H3/t21-,23-/m1/s1. The highest BCUT2D eigenvalue weighted by molar-refractivity contribution is 5.70. The number of likely N-dealkylation sites (tertiary alicyclic amines) is 1. The van der Waals surface area contributed by atoms with Gasteiger partial charge in [0.15, 0.2) is 0 Å². The molecule has 0 unspecified atom stereocenters. The van der Waals surface area contributed by atoms with Gasteiger partial charge in [0.25, 0.3) is 0 Å².